The van der Waals surface area contributed by atoms with Crippen molar-refractivity contribution in [3.8, 4) is 0 Å². The summed E-state index contributed by atoms with van der Waals surface area (Å²) >= 11 is 0. The van der Waals surface area contributed by atoms with Gasteiger partial charge in [-0.1, -0.05) is 18.2 Å². The van der Waals surface area contributed by atoms with E-state index in [1.807, 2.05) is 0 Å². The molecule has 0 saturated heterocycles. The van der Waals surface area contributed by atoms with E-state index in [-0.39, 0.29) is 12.1 Å². The highest BCUT2D eigenvalue weighted by molar-refractivity contribution is 6.02. The molecule has 1 amide bonds. The van der Waals surface area contributed by atoms with Gasteiger partial charge in [-0.2, -0.15) is 0 Å². The number of aryl methyl sites for hydroxylation is 1. The predicted octanol–water partition coefficient (Wildman–Crippen LogP) is 3.01. The van der Waals surface area contributed by atoms with Gasteiger partial charge in [-0.05, 0) is 37.1 Å². The van der Waals surface area contributed by atoms with E-state index in [0.29, 0.717) is 16.8 Å². The molecule has 2 aromatic rings. The fraction of sp³-hybridized carbons (Fsp3) is 0.222. The number of carbonyl (C=O) groups excluding carboxylic acids is 2. The lowest BCUT2D eigenvalue weighted by atomic mass is 9.89. The zero-order valence-corrected chi connectivity index (χ0v) is 13.7. The van der Waals surface area contributed by atoms with Crippen molar-refractivity contribution in [2.24, 2.45) is 0 Å². The number of nitrogens with one attached hydrogen (secondary N) is 1. The van der Waals surface area contributed by atoms with Crippen molar-refractivity contribution in [2.75, 3.05) is 5.32 Å². The molecule has 2 aromatic carbocycles. The summed E-state index contributed by atoms with van der Waals surface area (Å²) in [6.07, 6.45) is 0.257. The number of esters is 1. The van der Waals surface area contributed by atoms with Crippen LogP contribution in [-0.2, 0) is 16.0 Å². The molecule has 25 heavy (non-hydrogen) atoms. The topological polar surface area (TPSA) is 98.5 Å². The summed E-state index contributed by atoms with van der Waals surface area (Å²) in [5, 5.41) is 13.5. The molecule has 1 unspecified atom stereocenters. The number of cyclic esters (lactones) is 1. The molecule has 0 saturated carbocycles. The second kappa shape index (κ2) is 6.01. The molecule has 1 atom stereocenters. The standard InChI is InChI=1S/C18H16N2O5/c1-11-9-13(20(23)24)7-8-15(11)19-17(22)18(2)10-12-5-3-4-6-14(12)16(21)25-18/h3-9H,10H2,1-2H3,(H,19,22). The van der Waals surface area contributed by atoms with Crippen molar-refractivity contribution in [3.05, 3.63) is 69.3 Å². The molecule has 1 aliphatic heterocycles. The van der Waals surface area contributed by atoms with Crippen molar-refractivity contribution in [1.29, 1.82) is 0 Å². The van der Waals surface area contributed by atoms with Gasteiger partial charge in [0.25, 0.3) is 11.6 Å². The van der Waals surface area contributed by atoms with Crippen LogP contribution >= 0.6 is 0 Å². The molecular weight excluding hydrogens is 324 g/mol. The van der Waals surface area contributed by atoms with Crippen LogP contribution in [0, 0.1) is 17.0 Å². The van der Waals surface area contributed by atoms with E-state index in [2.05, 4.69) is 5.32 Å². The zero-order chi connectivity index (χ0) is 18.2. The van der Waals surface area contributed by atoms with Crippen LogP contribution in [0.5, 0.6) is 0 Å². The van der Waals surface area contributed by atoms with E-state index in [1.165, 1.54) is 18.2 Å². The number of rotatable bonds is 3. The van der Waals surface area contributed by atoms with Crippen LogP contribution in [0.4, 0.5) is 11.4 Å². The maximum absolute atomic E-state index is 12.7. The maximum Gasteiger partial charge on any atom is 0.339 e. The van der Waals surface area contributed by atoms with Crippen molar-refractivity contribution in [1.82, 2.24) is 0 Å². The molecule has 0 fully saturated rings. The van der Waals surface area contributed by atoms with Gasteiger partial charge >= 0.3 is 5.97 Å². The van der Waals surface area contributed by atoms with Crippen LogP contribution in [0.3, 0.4) is 0 Å². The Morgan fingerprint density at radius 3 is 2.68 bits per heavy atom. The Morgan fingerprint density at radius 2 is 2.00 bits per heavy atom. The molecule has 0 bridgehead atoms. The molecule has 1 N–H and O–H groups in total. The van der Waals surface area contributed by atoms with Gasteiger partial charge in [-0.3, -0.25) is 14.9 Å². The highest BCUT2D eigenvalue weighted by Crippen LogP contribution is 2.30. The van der Waals surface area contributed by atoms with Gasteiger partial charge in [-0.25, -0.2) is 4.79 Å². The predicted molar refractivity (Wildman–Crippen MR) is 90.4 cm³/mol. The number of anilines is 1. The lowest BCUT2D eigenvalue weighted by Gasteiger charge is -2.33. The van der Waals surface area contributed by atoms with Crippen LogP contribution in [-0.4, -0.2) is 22.4 Å². The average molecular weight is 340 g/mol. The number of carbonyl (C=O) groups is 2. The summed E-state index contributed by atoms with van der Waals surface area (Å²) < 4.78 is 5.38. The smallest absolute Gasteiger partial charge is 0.339 e. The normalized spacial score (nSPS) is 18.9. The number of benzene rings is 2. The Hall–Kier alpha value is -3.22. The van der Waals surface area contributed by atoms with Gasteiger partial charge in [0, 0.05) is 24.2 Å². The third-order valence-electron chi connectivity index (χ3n) is 4.23. The first kappa shape index (κ1) is 16.6. The van der Waals surface area contributed by atoms with E-state index >= 15 is 0 Å². The minimum atomic E-state index is -1.35. The Morgan fingerprint density at radius 1 is 1.28 bits per heavy atom. The summed E-state index contributed by atoms with van der Waals surface area (Å²) in [5.41, 5.74) is 0.788. The molecule has 128 valence electrons. The number of non-ortho nitro benzene ring substituents is 1. The Kier molecular flexibility index (Phi) is 4.00. The number of hydrogen-bond acceptors (Lipinski definition) is 5. The zero-order valence-electron chi connectivity index (χ0n) is 13.7. The van der Waals surface area contributed by atoms with Crippen molar-refractivity contribution in [2.45, 2.75) is 25.9 Å². The van der Waals surface area contributed by atoms with E-state index in [0.717, 1.165) is 5.56 Å². The lowest BCUT2D eigenvalue weighted by Crippen LogP contribution is -2.49. The number of amides is 1. The summed E-state index contributed by atoms with van der Waals surface area (Å²) in [6.45, 7) is 3.21. The number of hydrogen-bond donors (Lipinski definition) is 1. The summed E-state index contributed by atoms with van der Waals surface area (Å²) in [7, 11) is 0. The van der Waals surface area contributed by atoms with Gasteiger partial charge in [0.15, 0.2) is 5.60 Å². The van der Waals surface area contributed by atoms with Crippen LogP contribution in [0.1, 0.15) is 28.4 Å². The molecule has 7 nitrogen and oxygen atoms in total. The number of nitro benzene ring substituents is 1. The molecule has 0 aliphatic carbocycles. The number of nitrogens with zero attached hydrogens (tertiary/aromatic N) is 1. The van der Waals surface area contributed by atoms with E-state index in [9.17, 15) is 19.7 Å². The first-order valence-corrected chi connectivity index (χ1v) is 7.68. The molecule has 0 spiro atoms. The largest absolute Gasteiger partial charge is 0.445 e. The highest BCUT2D eigenvalue weighted by Gasteiger charge is 2.42. The molecule has 0 radical (unpaired) electrons. The minimum absolute atomic E-state index is 0.0558. The monoisotopic (exact) mass is 340 g/mol. The van der Waals surface area contributed by atoms with Crippen molar-refractivity contribution >= 4 is 23.3 Å². The van der Waals surface area contributed by atoms with Crippen LogP contribution in [0.25, 0.3) is 0 Å². The Balaban J connectivity index is 1.84. The number of ether oxygens (including phenoxy) is 1. The van der Waals surface area contributed by atoms with E-state index in [1.54, 1.807) is 38.1 Å². The summed E-state index contributed by atoms with van der Waals surface area (Å²) in [4.78, 5) is 35.2. The SMILES string of the molecule is Cc1cc([N+](=O)[O-])ccc1NC(=O)C1(C)Cc2ccccc2C(=O)O1. The molecule has 0 aromatic heterocycles. The molecule has 1 aliphatic rings. The van der Waals surface area contributed by atoms with Gasteiger partial charge in [0.2, 0.25) is 0 Å². The third kappa shape index (κ3) is 3.08. The summed E-state index contributed by atoms with van der Waals surface area (Å²) in [6, 6.07) is 11.1. The van der Waals surface area contributed by atoms with Crippen LogP contribution < -0.4 is 5.32 Å². The summed E-state index contributed by atoms with van der Waals surface area (Å²) in [5.74, 6) is -1.02. The molecule has 1 heterocycles. The minimum Gasteiger partial charge on any atom is -0.445 e. The van der Waals surface area contributed by atoms with E-state index < -0.39 is 22.4 Å². The number of fused-ring (bicyclic) bond motifs is 1. The average Bonchev–Trinajstić information content (AvgIpc) is 2.56. The fourth-order valence-electron chi connectivity index (χ4n) is 2.82. The fourth-order valence-corrected chi connectivity index (χ4v) is 2.82. The molecular formula is C18H16N2O5. The van der Waals surface area contributed by atoms with E-state index in [4.69, 9.17) is 4.74 Å². The Bertz CT molecular complexity index is 893. The quantitative estimate of drug-likeness (QED) is 0.526. The third-order valence-corrected chi connectivity index (χ3v) is 4.23. The van der Waals surface area contributed by atoms with Crippen molar-refractivity contribution < 1.29 is 19.2 Å². The first-order chi connectivity index (χ1) is 11.8. The maximum atomic E-state index is 12.7. The van der Waals surface area contributed by atoms with Crippen molar-refractivity contribution in [3.63, 3.8) is 0 Å². The van der Waals surface area contributed by atoms with Gasteiger partial charge in [0.1, 0.15) is 0 Å². The molecule has 3 rings (SSSR count). The second-order valence-electron chi connectivity index (χ2n) is 6.16. The number of nitro groups is 1. The second-order valence-corrected chi connectivity index (χ2v) is 6.16. The molecule has 7 heteroatoms. The Labute approximate surface area is 143 Å². The lowest BCUT2D eigenvalue weighted by molar-refractivity contribution is -0.384. The van der Waals surface area contributed by atoms with Gasteiger partial charge in [-0.15, -0.1) is 0 Å². The van der Waals surface area contributed by atoms with Crippen LogP contribution in [0.2, 0.25) is 0 Å². The van der Waals surface area contributed by atoms with Gasteiger partial charge in [0.05, 0.1) is 10.5 Å². The first-order valence-electron chi connectivity index (χ1n) is 7.68. The van der Waals surface area contributed by atoms with Crippen LogP contribution in [0.15, 0.2) is 42.5 Å². The highest BCUT2D eigenvalue weighted by atomic mass is 16.6. The van der Waals surface area contributed by atoms with Gasteiger partial charge < -0.3 is 10.1 Å².